The Balaban J connectivity index is 1.33. The van der Waals surface area contributed by atoms with Gasteiger partial charge in [0.1, 0.15) is 5.78 Å². The molecule has 6 aliphatic rings. The van der Waals surface area contributed by atoms with Gasteiger partial charge in [0.15, 0.2) is 11.6 Å². The molecule has 0 bridgehead atoms. The molecule has 4 nitrogen and oxygen atoms in total. The van der Waals surface area contributed by atoms with Gasteiger partial charge in [-0.15, -0.1) is 0 Å². The van der Waals surface area contributed by atoms with E-state index in [4.69, 9.17) is 9.47 Å². The standard InChI is InChI=1S/C27H38O4/c1-15-7-10-27(30-14-15)16(2)24-22(31-27)12-21-19-6-5-17-11-18(28)8-9-25(17,3)20(19)13-23(29)26(21,24)4/h11,15-16,19-22,24H,5-10,12-14H2,1-4H3/t15-,16+,19+,20-,21-,22+,24+,25+,26-,27-/m1/s1. The zero-order chi connectivity index (χ0) is 21.8. The van der Waals surface area contributed by atoms with Gasteiger partial charge in [0.25, 0.3) is 0 Å². The summed E-state index contributed by atoms with van der Waals surface area (Å²) in [5.74, 6) is 2.78. The number of hydrogen-bond acceptors (Lipinski definition) is 4. The quantitative estimate of drug-likeness (QED) is 0.541. The lowest BCUT2D eigenvalue weighted by atomic mass is 9.46. The summed E-state index contributed by atoms with van der Waals surface area (Å²) in [6.45, 7) is 9.95. The normalized spacial score (nSPS) is 56.0. The summed E-state index contributed by atoms with van der Waals surface area (Å²) in [7, 11) is 0. The highest BCUT2D eigenvalue weighted by molar-refractivity contribution is 5.92. The Morgan fingerprint density at radius 3 is 2.58 bits per heavy atom. The minimum absolute atomic E-state index is 0.0296. The van der Waals surface area contributed by atoms with Crippen LogP contribution in [0.4, 0.5) is 0 Å². The Hall–Kier alpha value is -1.00. The number of fused-ring (bicyclic) bond motifs is 7. The lowest BCUT2D eigenvalue weighted by molar-refractivity contribution is -0.272. The van der Waals surface area contributed by atoms with Crippen LogP contribution >= 0.6 is 0 Å². The number of ether oxygens (including phenoxy) is 2. The number of carbonyl (C=O) groups excluding carboxylic acids is 2. The van der Waals surface area contributed by atoms with Gasteiger partial charge < -0.3 is 9.47 Å². The Labute approximate surface area is 186 Å². The fourth-order valence-corrected chi connectivity index (χ4v) is 9.26. The van der Waals surface area contributed by atoms with Crippen molar-refractivity contribution >= 4 is 11.6 Å². The molecule has 0 unspecified atom stereocenters. The summed E-state index contributed by atoms with van der Waals surface area (Å²) >= 11 is 0. The molecule has 3 saturated carbocycles. The van der Waals surface area contributed by atoms with Gasteiger partial charge in [-0.2, -0.15) is 0 Å². The largest absolute Gasteiger partial charge is 0.349 e. The van der Waals surface area contributed by atoms with E-state index in [1.165, 1.54) is 5.57 Å². The molecule has 170 valence electrons. The predicted molar refractivity (Wildman–Crippen MR) is 117 cm³/mol. The maximum Gasteiger partial charge on any atom is 0.171 e. The maximum absolute atomic E-state index is 14.0. The van der Waals surface area contributed by atoms with E-state index in [0.717, 1.165) is 45.1 Å². The van der Waals surface area contributed by atoms with Crippen molar-refractivity contribution in [3.05, 3.63) is 11.6 Å². The van der Waals surface area contributed by atoms with Crippen molar-refractivity contribution in [2.45, 2.75) is 91.0 Å². The van der Waals surface area contributed by atoms with Gasteiger partial charge in [-0.1, -0.05) is 33.3 Å². The van der Waals surface area contributed by atoms with Crippen molar-refractivity contribution < 1.29 is 19.1 Å². The molecular weight excluding hydrogens is 388 g/mol. The maximum atomic E-state index is 14.0. The van der Waals surface area contributed by atoms with Crippen LogP contribution in [0.25, 0.3) is 0 Å². The first-order valence-corrected chi connectivity index (χ1v) is 12.8. The Morgan fingerprint density at radius 2 is 1.84 bits per heavy atom. The van der Waals surface area contributed by atoms with E-state index in [0.29, 0.717) is 42.3 Å². The van der Waals surface area contributed by atoms with Crippen LogP contribution in [-0.2, 0) is 19.1 Å². The molecule has 4 heteroatoms. The van der Waals surface area contributed by atoms with Crippen LogP contribution in [0, 0.1) is 46.3 Å². The molecular formula is C27H38O4. The van der Waals surface area contributed by atoms with Crippen LogP contribution in [-0.4, -0.2) is 30.1 Å². The molecule has 31 heavy (non-hydrogen) atoms. The molecule has 0 N–H and O–H groups in total. The molecule has 5 fully saturated rings. The highest BCUT2D eigenvalue weighted by Crippen LogP contribution is 2.69. The molecule has 2 heterocycles. The predicted octanol–water partition coefficient (Wildman–Crippen LogP) is 5.10. The van der Waals surface area contributed by atoms with E-state index in [2.05, 4.69) is 27.7 Å². The molecule has 10 atom stereocenters. The lowest BCUT2D eigenvalue weighted by Crippen LogP contribution is -2.56. The number of hydrogen-bond donors (Lipinski definition) is 0. The van der Waals surface area contributed by atoms with Crippen LogP contribution in [0.1, 0.15) is 79.1 Å². The summed E-state index contributed by atoms with van der Waals surface area (Å²) < 4.78 is 13.2. The number of ketones is 2. The molecule has 0 aromatic rings. The van der Waals surface area contributed by atoms with Gasteiger partial charge in [-0.3, -0.25) is 9.59 Å². The van der Waals surface area contributed by atoms with Crippen LogP contribution in [0.15, 0.2) is 11.6 Å². The molecule has 6 rings (SSSR count). The zero-order valence-electron chi connectivity index (χ0n) is 19.6. The molecule has 0 radical (unpaired) electrons. The molecule has 0 aromatic carbocycles. The van der Waals surface area contributed by atoms with E-state index >= 15 is 0 Å². The van der Waals surface area contributed by atoms with Crippen LogP contribution in [0.5, 0.6) is 0 Å². The van der Waals surface area contributed by atoms with E-state index in [9.17, 15) is 9.59 Å². The van der Waals surface area contributed by atoms with Crippen molar-refractivity contribution in [3.63, 3.8) is 0 Å². The van der Waals surface area contributed by atoms with Gasteiger partial charge in [-0.25, -0.2) is 0 Å². The van der Waals surface area contributed by atoms with Crippen LogP contribution in [0.2, 0.25) is 0 Å². The fraction of sp³-hybridized carbons (Fsp3) is 0.852. The fourth-order valence-electron chi connectivity index (χ4n) is 9.26. The lowest BCUT2D eigenvalue weighted by Gasteiger charge is -2.57. The van der Waals surface area contributed by atoms with E-state index < -0.39 is 5.79 Å². The number of carbonyl (C=O) groups is 2. The van der Waals surface area contributed by atoms with Crippen LogP contribution < -0.4 is 0 Å². The molecule has 4 aliphatic carbocycles. The second kappa shape index (κ2) is 6.53. The monoisotopic (exact) mass is 426 g/mol. The van der Waals surface area contributed by atoms with Crippen LogP contribution in [0.3, 0.4) is 0 Å². The van der Waals surface area contributed by atoms with E-state index in [1.807, 2.05) is 6.08 Å². The zero-order valence-corrected chi connectivity index (χ0v) is 19.6. The third-order valence-corrected chi connectivity index (χ3v) is 11.1. The highest BCUT2D eigenvalue weighted by Gasteiger charge is 2.71. The number of allylic oxidation sites excluding steroid dienone is 1. The average molecular weight is 427 g/mol. The average Bonchev–Trinajstić information content (AvgIpc) is 3.18. The Morgan fingerprint density at radius 1 is 1.03 bits per heavy atom. The third-order valence-electron chi connectivity index (χ3n) is 11.1. The highest BCUT2D eigenvalue weighted by atomic mass is 16.7. The molecule has 1 spiro atoms. The second-order valence-corrected chi connectivity index (χ2v) is 12.4. The van der Waals surface area contributed by atoms with Crippen molar-refractivity contribution in [1.29, 1.82) is 0 Å². The van der Waals surface area contributed by atoms with Gasteiger partial charge in [0.05, 0.1) is 12.7 Å². The Bertz CT molecular complexity index is 851. The Kier molecular flexibility index (Phi) is 4.34. The first-order chi connectivity index (χ1) is 14.7. The first-order valence-electron chi connectivity index (χ1n) is 12.8. The smallest absolute Gasteiger partial charge is 0.171 e. The summed E-state index contributed by atoms with van der Waals surface area (Å²) in [5.41, 5.74) is 1.07. The van der Waals surface area contributed by atoms with E-state index in [-0.39, 0.29) is 34.6 Å². The third kappa shape index (κ3) is 2.55. The molecule has 0 amide bonds. The van der Waals surface area contributed by atoms with Gasteiger partial charge in [0, 0.05) is 36.5 Å². The first kappa shape index (κ1) is 20.6. The van der Waals surface area contributed by atoms with Gasteiger partial charge in [-0.05, 0) is 67.3 Å². The number of Topliss-reactive ketones (excluding diaryl/α,β-unsaturated/α-hetero) is 1. The number of rotatable bonds is 0. The molecule has 0 aromatic heterocycles. The second-order valence-electron chi connectivity index (χ2n) is 12.4. The van der Waals surface area contributed by atoms with Crippen molar-refractivity contribution in [1.82, 2.24) is 0 Å². The molecule has 2 saturated heterocycles. The van der Waals surface area contributed by atoms with Gasteiger partial charge >= 0.3 is 0 Å². The van der Waals surface area contributed by atoms with Crippen molar-refractivity contribution in [2.24, 2.45) is 46.3 Å². The van der Waals surface area contributed by atoms with Gasteiger partial charge in [0.2, 0.25) is 0 Å². The topological polar surface area (TPSA) is 52.6 Å². The summed E-state index contributed by atoms with van der Waals surface area (Å²) in [6.07, 6.45) is 9.59. The summed E-state index contributed by atoms with van der Waals surface area (Å²) in [4.78, 5) is 26.0. The minimum Gasteiger partial charge on any atom is -0.349 e. The minimum atomic E-state index is -0.467. The summed E-state index contributed by atoms with van der Waals surface area (Å²) in [5, 5.41) is 0. The van der Waals surface area contributed by atoms with E-state index in [1.54, 1.807) is 0 Å². The SMILES string of the molecule is C[C@@H]1CC[C@@]2(OC1)O[C@H]1C[C@@H]3[C@H]4CCC5=CC(=O)CC[C@]5(C)[C@@H]4CC(=O)[C@]3(C)[C@H]1[C@@H]2C. The van der Waals surface area contributed by atoms with Crippen molar-refractivity contribution in [2.75, 3.05) is 6.61 Å². The molecule has 2 aliphatic heterocycles. The van der Waals surface area contributed by atoms with Crippen molar-refractivity contribution in [3.8, 4) is 0 Å². The summed E-state index contributed by atoms with van der Waals surface area (Å²) in [6, 6.07) is 0.